The number of benzene rings is 2. The molecule has 0 unspecified atom stereocenters. The van der Waals surface area contributed by atoms with Gasteiger partial charge in [0.2, 0.25) is 0 Å². The van der Waals surface area contributed by atoms with Gasteiger partial charge in [-0.15, -0.1) is 0 Å². The first-order valence-electron chi connectivity index (χ1n) is 14.1. The Bertz CT molecular complexity index is 2100. The summed E-state index contributed by atoms with van der Waals surface area (Å²) in [5.41, 5.74) is 0.529. The second-order valence-corrected chi connectivity index (χ2v) is 12.9. The third-order valence-corrected chi connectivity index (χ3v) is 9.59. The van der Waals surface area contributed by atoms with Crippen LogP contribution in [0, 0.1) is 25.5 Å². The second kappa shape index (κ2) is 12.2. The molecule has 12 nitrogen and oxygen atoms in total. The van der Waals surface area contributed by atoms with Gasteiger partial charge in [-0.3, -0.25) is 9.52 Å². The number of nitrogens with one attached hydrogen (secondary N) is 2. The lowest BCUT2D eigenvalue weighted by molar-refractivity contribution is 0.0657. The predicted molar refractivity (Wildman–Crippen MR) is 169 cm³/mol. The molecule has 2 aromatic carbocycles. The van der Waals surface area contributed by atoms with Crippen LogP contribution < -0.4 is 10.0 Å². The minimum atomic E-state index is -4.28. The monoisotopic (exact) mass is 667 g/mol. The van der Waals surface area contributed by atoms with E-state index in [2.05, 4.69) is 35.0 Å². The third kappa shape index (κ3) is 5.96. The minimum absolute atomic E-state index is 0.0473. The fourth-order valence-corrected chi connectivity index (χ4v) is 6.62. The first-order chi connectivity index (χ1) is 21.9. The van der Waals surface area contributed by atoms with E-state index in [4.69, 9.17) is 11.6 Å². The van der Waals surface area contributed by atoms with Crippen molar-refractivity contribution in [2.24, 2.45) is 0 Å². The lowest BCUT2D eigenvalue weighted by atomic mass is 10.2. The zero-order chi connectivity index (χ0) is 32.7. The van der Waals surface area contributed by atoms with E-state index >= 15 is 8.78 Å². The fourth-order valence-electron chi connectivity index (χ4n) is 5.06. The number of amides is 1. The molecular weight excluding hydrogens is 640 g/mol. The Balaban J connectivity index is 1.32. The van der Waals surface area contributed by atoms with Crippen LogP contribution in [0.1, 0.15) is 21.7 Å². The van der Waals surface area contributed by atoms with Crippen molar-refractivity contribution in [3.63, 3.8) is 0 Å². The van der Waals surface area contributed by atoms with Crippen LogP contribution in [0.25, 0.3) is 16.9 Å². The predicted octanol–water partition coefficient (Wildman–Crippen LogP) is 4.69. The molecule has 6 rings (SSSR count). The van der Waals surface area contributed by atoms with Gasteiger partial charge in [0.05, 0.1) is 16.1 Å². The molecule has 1 aliphatic rings. The van der Waals surface area contributed by atoms with Gasteiger partial charge in [-0.2, -0.15) is 5.10 Å². The number of fused-ring (bicyclic) bond motifs is 1. The molecule has 0 bridgehead atoms. The molecule has 1 amide bonds. The number of halogens is 3. The van der Waals surface area contributed by atoms with Gasteiger partial charge in [0.15, 0.2) is 23.1 Å². The number of hydrogen-bond donors (Lipinski definition) is 2. The van der Waals surface area contributed by atoms with Crippen LogP contribution in [0.3, 0.4) is 0 Å². The highest BCUT2D eigenvalue weighted by Gasteiger charge is 2.25. The van der Waals surface area contributed by atoms with Crippen molar-refractivity contribution in [1.82, 2.24) is 34.5 Å². The number of hydrogen-bond acceptors (Lipinski definition) is 9. The van der Waals surface area contributed by atoms with Crippen molar-refractivity contribution < 1.29 is 22.0 Å². The first kappa shape index (κ1) is 31.3. The van der Waals surface area contributed by atoms with Crippen molar-refractivity contribution in [2.75, 3.05) is 43.3 Å². The molecule has 3 aromatic heterocycles. The van der Waals surface area contributed by atoms with Crippen molar-refractivity contribution >= 4 is 55.8 Å². The Morgan fingerprint density at radius 1 is 1.00 bits per heavy atom. The number of likely N-dealkylation sites (N-methyl/N-ethyl adjacent to an activating group) is 1. The second-order valence-electron chi connectivity index (χ2n) is 10.8. The summed E-state index contributed by atoms with van der Waals surface area (Å²) in [6.45, 7) is 6.03. The molecule has 1 fully saturated rings. The Morgan fingerprint density at radius 2 is 1.76 bits per heavy atom. The summed E-state index contributed by atoms with van der Waals surface area (Å²) in [4.78, 5) is 29.8. The smallest absolute Gasteiger partial charge is 0.274 e. The highest BCUT2D eigenvalue weighted by Crippen LogP contribution is 2.32. The maximum atomic E-state index is 15.7. The maximum absolute atomic E-state index is 15.7. The number of nitrogens with zero attached hydrogens (tertiary/aromatic N) is 7. The highest BCUT2D eigenvalue weighted by atomic mass is 35.5. The Kier molecular flexibility index (Phi) is 8.31. The summed E-state index contributed by atoms with van der Waals surface area (Å²) < 4.78 is 60.6. The van der Waals surface area contributed by atoms with Gasteiger partial charge in [-0.25, -0.2) is 36.8 Å². The Hall–Kier alpha value is -4.73. The molecule has 0 spiro atoms. The zero-order valence-corrected chi connectivity index (χ0v) is 26.5. The number of anilines is 3. The summed E-state index contributed by atoms with van der Waals surface area (Å²) in [5.74, 6) is -2.12. The van der Waals surface area contributed by atoms with Crippen LogP contribution in [0.15, 0.2) is 59.8 Å². The Labute approximate surface area is 268 Å². The number of carbonyl (C=O) groups is 1. The van der Waals surface area contributed by atoms with Crippen molar-refractivity contribution in [2.45, 2.75) is 18.7 Å². The summed E-state index contributed by atoms with van der Waals surface area (Å²) in [6.07, 6.45) is 1.20. The molecule has 0 aliphatic carbocycles. The van der Waals surface area contributed by atoms with Gasteiger partial charge >= 0.3 is 0 Å². The molecule has 1 aliphatic heterocycles. The van der Waals surface area contributed by atoms with E-state index in [-0.39, 0.29) is 38.4 Å². The fraction of sp³-hybridized carbons (Fsp3) is 0.233. The quantitative estimate of drug-likeness (QED) is 0.253. The van der Waals surface area contributed by atoms with E-state index in [1.54, 1.807) is 30.0 Å². The van der Waals surface area contributed by atoms with E-state index in [0.29, 0.717) is 30.1 Å². The summed E-state index contributed by atoms with van der Waals surface area (Å²) in [5, 5.41) is 7.34. The number of sulfonamides is 1. The van der Waals surface area contributed by atoms with Crippen LogP contribution >= 0.6 is 11.6 Å². The lowest BCUT2D eigenvalue weighted by Gasteiger charge is -2.31. The molecule has 4 heterocycles. The molecule has 1 saturated heterocycles. The average Bonchev–Trinajstić information content (AvgIpc) is 3.43. The van der Waals surface area contributed by atoms with Gasteiger partial charge in [0, 0.05) is 36.9 Å². The van der Waals surface area contributed by atoms with Gasteiger partial charge in [-0.1, -0.05) is 17.7 Å². The van der Waals surface area contributed by atoms with E-state index in [9.17, 15) is 13.2 Å². The van der Waals surface area contributed by atoms with Crippen LogP contribution in [-0.2, 0) is 10.0 Å². The number of aromatic nitrogens is 5. The molecule has 46 heavy (non-hydrogen) atoms. The topological polar surface area (TPSA) is 138 Å². The van der Waals surface area contributed by atoms with E-state index in [0.717, 1.165) is 25.2 Å². The molecule has 16 heteroatoms. The summed E-state index contributed by atoms with van der Waals surface area (Å²) >= 11 is 6.08. The van der Waals surface area contributed by atoms with E-state index in [1.807, 2.05) is 7.05 Å². The van der Waals surface area contributed by atoms with Gasteiger partial charge in [0.1, 0.15) is 23.3 Å². The molecule has 238 valence electrons. The number of aryl methyl sites for hydroxylation is 1. The SMILES string of the molecule is Cc1c(Cl)cccc1S(=O)(=O)Nc1ccc(F)c(Nc2ncnc3ccc(-n4nc(C(=O)N5CCN(C)CC5)cc4C)nc23)c1F. The Morgan fingerprint density at radius 3 is 2.52 bits per heavy atom. The van der Waals surface area contributed by atoms with Crippen LogP contribution in [0.2, 0.25) is 5.02 Å². The standard InChI is InChI=1S/C30H28ClF2N9O3S/c1-17-15-23(30(43)41-13-11-40(3)12-14-41)38-42(17)25-10-9-22-28(36-25)29(35-16-34-22)37-27-20(32)7-8-21(26(27)33)39-46(44,45)24-6-4-5-19(31)18(24)2/h4-10,15-16,39H,11-14H2,1-3H3,(H,34,35,37). The normalized spacial score (nSPS) is 14.1. The molecule has 0 atom stereocenters. The number of carbonyl (C=O) groups excluding carboxylic acids is 1. The van der Waals surface area contributed by atoms with Gasteiger partial charge < -0.3 is 15.1 Å². The largest absolute Gasteiger partial charge is 0.335 e. The average molecular weight is 668 g/mol. The van der Waals surface area contributed by atoms with Crippen LogP contribution in [-0.4, -0.2) is 82.1 Å². The first-order valence-corrected chi connectivity index (χ1v) is 16.0. The van der Waals surface area contributed by atoms with Crippen LogP contribution in [0.5, 0.6) is 0 Å². The minimum Gasteiger partial charge on any atom is -0.335 e. The molecule has 0 saturated carbocycles. The maximum Gasteiger partial charge on any atom is 0.274 e. The van der Waals surface area contributed by atoms with Crippen molar-refractivity contribution in [3.8, 4) is 5.82 Å². The number of pyridine rings is 1. The van der Waals surface area contributed by atoms with Crippen LogP contribution in [0.4, 0.5) is 26.0 Å². The number of rotatable bonds is 7. The molecule has 0 radical (unpaired) electrons. The van der Waals surface area contributed by atoms with Crippen molar-refractivity contribution in [3.05, 3.63) is 88.5 Å². The molecular formula is C30H28ClF2N9O3S. The van der Waals surface area contributed by atoms with Gasteiger partial charge in [-0.05, 0) is 68.9 Å². The summed E-state index contributed by atoms with van der Waals surface area (Å²) in [6, 6.07) is 11.2. The van der Waals surface area contributed by atoms with E-state index in [1.165, 1.54) is 36.1 Å². The van der Waals surface area contributed by atoms with Gasteiger partial charge in [0.25, 0.3) is 15.9 Å². The lowest BCUT2D eigenvalue weighted by Crippen LogP contribution is -2.47. The van der Waals surface area contributed by atoms with Crippen molar-refractivity contribution in [1.29, 1.82) is 0 Å². The summed E-state index contributed by atoms with van der Waals surface area (Å²) in [7, 11) is -2.28. The molecule has 2 N–H and O–H groups in total. The highest BCUT2D eigenvalue weighted by molar-refractivity contribution is 7.92. The third-order valence-electron chi connectivity index (χ3n) is 7.67. The molecule has 5 aromatic rings. The zero-order valence-electron chi connectivity index (χ0n) is 24.9. The number of piperazine rings is 1. The van der Waals surface area contributed by atoms with E-state index < -0.39 is 33.0 Å².